The number of carboxylic acid groups (broad SMARTS) is 1. The van der Waals surface area contributed by atoms with Gasteiger partial charge in [-0.3, -0.25) is 4.79 Å². The van der Waals surface area contributed by atoms with E-state index in [2.05, 4.69) is 10.2 Å². The van der Waals surface area contributed by atoms with Gasteiger partial charge in [0.1, 0.15) is 0 Å². The summed E-state index contributed by atoms with van der Waals surface area (Å²) in [6.07, 6.45) is 3.50. The maximum Gasteiger partial charge on any atom is 0.337 e. The van der Waals surface area contributed by atoms with Crippen molar-refractivity contribution in [2.24, 2.45) is 0 Å². The van der Waals surface area contributed by atoms with E-state index >= 15 is 0 Å². The highest BCUT2D eigenvalue weighted by atomic mass is 16.4. The Labute approximate surface area is 112 Å². The summed E-state index contributed by atoms with van der Waals surface area (Å²) in [5.41, 5.74) is 1.39. The summed E-state index contributed by atoms with van der Waals surface area (Å²) in [5, 5.41) is 11.8. The quantitative estimate of drug-likeness (QED) is 0.877. The summed E-state index contributed by atoms with van der Waals surface area (Å²) in [6, 6.07) is 5.16. The van der Waals surface area contributed by atoms with Crippen LogP contribution in [-0.2, 0) is 4.79 Å². The van der Waals surface area contributed by atoms with Crippen LogP contribution in [0.2, 0.25) is 0 Å². The third-order valence-electron chi connectivity index (χ3n) is 3.27. The van der Waals surface area contributed by atoms with Crippen LogP contribution in [0.3, 0.4) is 0 Å². The van der Waals surface area contributed by atoms with Crippen LogP contribution in [0.25, 0.3) is 0 Å². The molecule has 1 amide bonds. The SMILES string of the molecule is CC(=O)Nc1ccc(N2CCCCC2)cc1C(=O)O. The number of nitrogens with zero attached hydrogens (tertiary/aromatic N) is 1. The molecule has 1 fully saturated rings. The lowest BCUT2D eigenvalue weighted by atomic mass is 10.1. The van der Waals surface area contributed by atoms with Crippen LogP contribution in [0.1, 0.15) is 36.5 Å². The lowest BCUT2D eigenvalue weighted by Gasteiger charge is -2.29. The highest BCUT2D eigenvalue weighted by Crippen LogP contribution is 2.25. The molecule has 0 atom stereocenters. The molecule has 0 bridgehead atoms. The van der Waals surface area contributed by atoms with Crippen molar-refractivity contribution in [2.45, 2.75) is 26.2 Å². The third-order valence-corrected chi connectivity index (χ3v) is 3.27. The van der Waals surface area contributed by atoms with Gasteiger partial charge in [-0.25, -0.2) is 4.79 Å². The van der Waals surface area contributed by atoms with Crippen molar-refractivity contribution >= 4 is 23.3 Å². The van der Waals surface area contributed by atoms with Crippen LogP contribution in [-0.4, -0.2) is 30.1 Å². The van der Waals surface area contributed by atoms with Crippen LogP contribution < -0.4 is 10.2 Å². The first kappa shape index (κ1) is 13.4. The fourth-order valence-electron chi connectivity index (χ4n) is 2.36. The number of amides is 1. The Balaban J connectivity index is 2.29. The van der Waals surface area contributed by atoms with Gasteiger partial charge >= 0.3 is 5.97 Å². The molecule has 1 aromatic rings. The van der Waals surface area contributed by atoms with Crippen LogP contribution in [0.5, 0.6) is 0 Å². The summed E-state index contributed by atoms with van der Waals surface area (Å²) < 4.78 is 0. The molecular weight excluding hydrogens is 244 g/mol. The largest absolute Gasteiger partial charge is 0.478 e. The van der Waals surface area contributed by atoms with Crippen LogP contribution in [0.4, 0.5) is 11.4 Å². The summed E-state index contributed by atoms with van der Waals surface area (Å²) in [6.45, 7) is 3.28. The number of carbonyl (C=O) groups excluding carboxylic acids is 1. The third kappa shape index (κ3) is 3.24. The zero-order chi connectivity index (χ0) is 13.8. The Morgan fingerprint density at radius 1 is 1.21 bits per heavy atom. The topological polar surface area (TPSA) is 69.6 Å². The number of anilines is 2. The van der Waals surface area contributed by atoms with Crippen LogP contribution >= 0.6 is 0 Å². The normalized spacial score (nSPS) is 15.1. The number of nitrogens with one attached hydrogen (secondary N) is 1. The van der Waals surface area contributed by atoms with Crippen molar-refractivity contribution in [1.82, 2.24) is 0 Å². The van der Waals surface area contributed by atoms with Crippen LogP contribution in [0.15, 0.2) is 18.2 Å². The van der Waals surface area contributed by atoms with Gasteiger partial charge in [0.25, 0.3) is 0 Å². The number of aromatic carboxylic acids is 1. The van der Waals surface area contributed by atoms with E-state index in [0.29, 0.717) is 5.69 Å². The number of piperidine rings is 1. The Morgan fingerprint density at radius 2 is 1.89 bits per heavy atom. The van der Waals surface area contributed by atoms with Crippen molar-refractivity contribution < 1.29 is 14.7 Å². The van der Waals surface area contributed by atoms with Crippen LogP contribution in [0, 0.1) is 0 Å². The fraction of sp³-hybridized carbons (Fsp3) is 0.429. The van der Waals surface area contributed by atoms with E-state index in [1.807, 2.05) is 6.07 Å². The number of carboxylic acids is 1. The molecule has 0 unspecified atom stereocenters. The first-order chi connectivity index (χ1) is 9.08. The monoisotopic (exact) mass is 262 g/mol. The van der Waals surface area contributed by atoms with Crippen molar-refractivity contribution in [1.29, 1.82) is 0 Å². The lowest BCUT2D eigenvalue weighted by molar-refractivity contribution is -0.114. The molecule has 0 saturated carbocycles. The first-order valence-corrected chi connectivity index (χ1v) is 6.48. The number of carbonyl (C=O) groups is 2. The van der Waals surface area contributed by atoms with Gasteiger partial charge in [-0.15, -0.1) is 0 Å². The van der Waals surface area contributed by atoms with E-state index in [1.54, 1.807) is 12.1 Å². The second-order valence-electron chi connectivity index (χ2n) is 4.76. The molecule has 0 spiro atoms. The Bertz CT molecular complexity index is 493. The molecule has 0 aliphatic carbocycles. The van der Waals surface area contributed by atoms with Crippen molar-refractivity contribution in [3.63, 3.8) is 0 Å². The smallest absolute Gasteiger partial charge is 0.337 e. The number of hydrogen-bond donors (Lipinski definition) is 2. The number of rotatable bonds is 3. The van der Waals surface area contributed by atoms with E-state index in [9.17, 15) is 14.7 Å². The average molecular weight is 262 g/mol. The molecule has 0 radical (unpaired) electrons. The van der Waals surface area contributed by atoms with E-state index in [4.69, 9.17) is 0 Å². The predicted molar refractivity (Wildman–Crippen MR) is 73.8 cm³/mol. The minimum Gasteiger partial charge on any atom is -0.478 e. The van der Waals surface area contributed by atoms with Crippen molar-refractivity contribution in [2.75, 3.05) is 23.3 Å². The van der Waals surface area contributed by atoms with E-state index in [1.165, 1.54) is 13.3 Å². The second kappa shape index (κ2) is 5.73. The fourth-order valence-corrected chi connectivity index (χ4v) is 2.36. The maximum atomic E-state index is 11.3. The van der Waals surface area contributed by atoms with E-state index in [-0.39, 0.29) is 11.5 Å². The molecule has 2 rings (SSSR count). The zero-order valence-corrected chi connectivity index (χ0v) is 11.0. The summed E-state index contributed by atoms with van der Waals surface area (Å²) in [7, 11) is 0. The molecule has 5 heteroatoms. The molecule has 102 valence electrons. The van der Waals surface area contributed by atoms with E-state index < -0.39 is 5.97 Å². The zero-order valence-electron chi connectivity index (χ0n) is 11.0. The minimum atomic E-state index is -1.03. The molecule has 1 aliphatic heterocycles. The Hall–Kier alpha value is -2.04. The molecule has 1 heterocycles. The first-order valence-electron chi connectivity index (χ1n) is 6.48. The summed E-state index contributed by atoms with van der Waals surface area (Å²) in [4.78, 5) is 24.5. The molecule has 19 heavy (non-hydrogen) atoms. The highest BCUT2D eigenvalue weighted by Gasteiger charge is 2.16. The molecule has 0 aromatic heterocycles. The van der Waals surface area contributed by atoms with Gasteiger partial charge in [0.15, 0.2) is 0 Å². The average Bonchev–Trinajstić information content (AvgIpc) is 2.39. The second-order valence-corrected chi connectivity index (χ2v) is 4.76. The van der Waals surface area contributed by atoms with Gasteiger partial charge in [0.05, 0.1) is 11.3 Å². The maximum absolute atomic E-state index is 11.3. The van der Waals surface area contributed by atoms with Gasteiger partial charge in [-0.05, 0) is 37.5 Å². The predicted octanol–water partition coefficient (Wildman–Crippen LogP) is 2.33. The summed E-state index contributed by atoms with van der Waals surface area (Å²) in [5.74, 6) is -1.30. The van der Waals surface area contributed by atoms with Gasteiger partial charge in [0.2, 0.25) is 5.91 Å². The Morgan fingerprint density at radius 3 is 2.47 bits per heavy atom. The number of benzene rings is 1. The van der Waals surface area contributed by atoms with Crippen molar-refractivity contribution in [3.05, 3.63) is 23.8 Å². The van der Waals surface area contributed by atoms with Crippen molar-refractivity contribution in [3.8, 4) is 0 Å². The van der Waals surface area contributed by atoms with Gasteiger partial charge in [0, 0.05) is 25.7 Å². The van der Waals surface area contributed by atoms with E-state index in [0.717, 1.165) is 31.6 Å². The van der Waals surface area contributed by atoms with Gasteiger partial charge < -0.3 is 15.3 Å². The molecular formula is C14H18N2O3. The molecule has 1 aliphatic rings. The molecule has 2 N–H and O–H groups in total. The lowest BCUT2D eigenvalue weighted by Crippen LogP contribution is -2.29. The minimum absolute atomic E-state index is 0.137. The molecule has 1 saturated heterocycles. The molecule has 1 aromatic carbocycles. The standard InChI is InChI=1S/C14H18N2O3/c1-10(17)15-13-6-5-11(9-12(13)14(18)19)16-7-3-2-4-8-16/h5-6,9H,2-4,7-8H2,1H3,(H,15,17)(H,18,19). The molecule has 5 nitrogen and oxygen atoms in total. The summed E-state index contributed by atoms with van der Waals surface area (Å²) >= 11 is 0. The highest BCUT2D eigenvalue weighted by molar-refractivity contribution is 6.00. The Kier molecular flexibility index (Phi) is 4.04. The van der Waals surface area contributed by atoms with Gasteiger partial charge in [-0.2, -0.15) is 0 Å². The van der Waals surface area contributed by atoms with Gasteiger partial charge in [-0.1, -0.05) is 0 Å². The number of hydrogen-bond acceptors (Lipinski definition) is 3.